The Morgan fingerprint density at radius 3 is 0.907 bits per heavy atom. The summed E-state index contributed by atoms with van der Waals surface area (Å²) in [5.41, 5.74) is 0.422. The summed E-state index contributed by atoms with van der Waals surface area (Å²) in [4.78, 5) is 21.3. The summed E-state index contributed by atoms with van der Waals surface area (Å²) in [5.74, 6) is 0.623. The summed E-state index contributed by atoms with van der Waals surface area (Å²) in [5, 5.41) is 35.7. The molecular weight excluding hydrogens is 590 g/mol. The van der Waals surface area contributed by atoms with Crippen LogP contribution in [0.5, 0.6) is 34.5 Å². The molecule has 0 unspecified atom stereocenters. The summed E-state index contributed by atoms with van der Waals surface area (Å²) in [6.07, 6.45) is -13.0. The zero-order valence-electron chi connectivity index (χ0n) is 21.6. The summed E-state index contributed by atoms with van der Waals surface area (Å²) < 4.78 is 75.9. The van der Waals surface area contributed by atoms with Gasteiger partial charge in [-0.3, -0.25) is 0 Å². The molecule has 0 aliphatic rings. The van der Waals surface area contributed by atoms with Crippen LogP contribution in [0.4, 0.5) is 26.3 Å². The molecule has 0 bridgehead atoms. The Bertz CT molecular complexity index is 1340. The number of alkyl halides is 6. The number of hydrogen-bond acceptors (Lipinski definition) is 6. The Kier molecular flexibility index (Phi) is 11.8. The summed E-state index contributed by atoms with van der Waals surface area (Å²) in [7, 11) is 0. The monoisotopic (exact) mass is 612 g/mol. The zero-order chi connectivity index (χ0) is 32.2. The lowest BCUT2D eigenvalue weighted by Gasteiger charge is -2.08. The van der Waals surface area contributed by atoms with Crippen LogP contribution in [0.25, 0.3) is 0 Å². The van der Waals surface area contributed by atoms with Gasteiger partial charge in [-0.25, -0.2) is 9.59 Å². The molecule has 0 atom stereocenters. The van der Waals surface area contributed by atoms with E-state index in [1.54, 1.807) is 48.5 Å². The molecule has 0 heterocycles. The maximum absolute atomic E-state index is 10.8. The fourth-order valence-corrected chi connectivity index (χ4v) is 2.86. The number of phenolic OH excluding ortho intramolecular Hbond substituents is 2. The van der Waals surface area contributed by atoms with Crippen LogP contribution in [0.3, 0.4) is 0 Å². The van der Waals surface area contributed by atoms with Gasteiger partial charge in [0.05, 0.1) is 11.1 Å². The molecular formula is C29H22F6O8. The van der Waals surface area contributed by atoms with Crippen LogP contribution in [0.15, 0.2) is 97.1 Å². The molecule has 0 aliphatic heterocycles. The molecule has 4 rings (SSSR count). The van der Waals surface area contributed by atoms with E-state index >= 15 is 0 Å². The lowest BCUT2D eigenvalue weighted by Crippen LogP contribution is -2.20. The highest BCUT2D eigenvalue weighted by Gasteiger charge is 2.43. The van der Waals surface area contributed by atoms with Crippen molar-refractivity contribution < 1.29 is 65.8 Å². The normalized spacial score (nSPS) is 10.7. The van der Waals surface area contributed by atoms with Gasteiger partial charge < -0.3 is 29.9 Å². The van der Waals surface area contributed by atoms with E-state index in [9.17, 15) is 35.9 Å². The minimum atomic E-state index is -5.14. The summed E-state index contributed by atoms with van der Waals surface area (Å²) in [6.45, 7) is 0. The van der Waals surface area contributed by atoms with Crippen LogP contribution >= 0.6 is 0 Å². The van der Waals surface area contributed by atoms with Crippen molar-refractivity contribution >= 4 is 11.9 Å². The van der Waals surface area contributed by atoms with Gasteiger partial charge in [0.1, 0.15) is 40.9 Å². The van der Waals surface area contributed by atoms with E-state index in [4.69, 9.17) is 29.9 Å². The highest BCUT2D eigenvalue weighted by Crippen LogP contribution is 2.32. The molecule has 0 radical (unpaired) electrons. The Morgan fingerprint density at radius 1 is 0.488 bits per heavy atom. The van der Waals surface area contributed by atoms with Gasteiger partial charge in [-0.05, 0) is 97.1 Å². The quantitative estimate of drug-likeness (QED) is 0.160. The molecule has 0 fully saturated rings. The average molecular weight is 612 g/mol. The Balaban J connectivity index is 0.000000238. The van der Waals surface area contributed by atoms with Gasteiger partial charge in [0.2, 0.25) is 0 Å². The average Bonchev–Trinajstić information content (AvgIpc) is 2.91. The maximum Gasteiger partial charge on any atom is 0.397 e. The molecule has 0 saturated heterocycles. The van der Waals surface area contributed by atoms with Crippen LogP contribution in [-0.2, 0) is 0 Å². The number of hydrogen-bond donors (Lipinski definition) is 4. The van der Waals surface area contributed by atoms with E-state index in [0.717, 1.165) is 0 Å². The molecule has 14 heteroatoms. The molecule has 228 valence electrons. The van der Waals surface area contributed by atoms with Gasteiger partial charge in [-0.1, -0.05) is 0 Å². The topological polar surface area (TPSA) is 134 Å². The van der Waals surface area contributed by atoms with Gasteiger partial charge in [-0.2, -0.15) is 26.3 Å². The fourth-order valence-electron chi connectivity index (χ4n) is 2.86. The van der Waals surface area contributed by atoms with Crippen molar-refractivity contribution in [1.82, 2.24) is 0 Å². The molecule has 0 amide bonds. The van der Waals surface area contributed by atoms with E-state index in [0.29, 0.717) is 23.0 Å². The second kappa shape index (κ2) is 15.0. The first-order chi connectivity index (χ1) is 20.0. The number of carbonyl (C=O) groups is 2. The molecule has 8 nitrogen and oxygen atoms in total. The number of benzene rings is 4. The van der Waals surface area contributed by atoms with Crippen LogP contribution in [-0.4, -0.2) is 44.7 Å². The highest BCUT2D eigenvalue weighted by molar-refractivity contribution is 5.88. The van der Waals surface area contributed by atoms with Crippen LogP contribution in [0.1, 0.15) is 27.1 Å². The van der Waals surface area contributed by atoms with Gasteiger partial charge in [0, 0.05) is 0 Å². The maximum atomic E-state index is 10.8. The molecule has 4 aromatic rings. The lowest BCUT2D eigenvalue weighted by molar-refractivity contribution is -0.232. The van der Waals surface area contributed by atoms with Crippen LogP contribution in [0, 0.1) is 0 Å². The summed E-state index contributed by atoms with van der Waals surface area (Å²) >= 11 is 0. The minimum absolute atomic E-state index is 0.165. The molecule has 4 N–H and O–H groups in total. The van der Waals surface area contributed by atoms with Crippen LogP contribution in [0.2, 0.25) is 0 Å². The van der Waals surface area contributed by atoms with Crippen molar-refractivity contribution in [3.05, 3.63) is 108 Å². The van der Waals surface area contributed by atoms with Crippen LogP contribution < -0.4 is 9.47 Å². The van der Waals surface area contributed by atoms with Crippen molar-refractivity contribution in [1.29, 1.82) is 0 Å². The van der Waals surface area contributed by atoms with E-state index in [1.165, 1.54) is 48.5 Å². The van der Waals surface area contributed by atoms with E-state index < -0.39 is 30.7 Å². The molecule has 0 spiro atoms. The number of aromatic carboxylic acids is 2. The highest BCUT2D eigenvalue weighted by atomic mass is 19.4. The third-order valence-corrected chi connectivity index (χ3v) is 4.75. The standard InChI is InChI=1S/2C13H10O4.C3H2F6/c2*14-10-3-7-12(8-4-10)17-11-5-1-9(2-6-11)13(15)16;4-2(5,6)1-3(7,8)9/h2*1-8,14H,(H,15,16);1H2. The number of rotatable bonds is 6. The Labute approximate surface area is 239 Å². The van der Waals surface area contributed by atoms with E-state index in [2.05, 4.69) is 0 Å². The predicted octanol–water partition coefficient (Wildman–Crippen LogP) is 8.27. The minimum Gasteiger partial charge on any atom is -0.508 e. The number of carboxylic acids is 2. The number of phenols is 2. The molecule has 0 aromatic heterocycles. The molecule has 0 aliphatic carbocycles. The first-order valence-electron chi connectivity index (χ1n) is 11.7. The van der Waals surface area contributed by atoms with Gasteiger partial charge >= 0.3 is 24.3 Å². The number of halogens is 6. The van der Waals surface area contributed by atoms with Crippen molar-refractivity contribution in [2.45, 2.75) is 18.8 Å². The van der Waals surface area contributed by atoms with E-state index in [-0.39, 0.29) is 22.6 Å². The first kappa shape index (κ1) is 33.8. The Hall–Kier alpha value is -5.40. The third-order valence-electron chi connectivity index (χ3n) is 4.75. The number of aromatic hydroxyl groups is 2. The van der Waals surface area contributed by atoms with E-state index in [1.807, 2.05) is 0 Å². The number of ether oxygens (including phenoxy) is 2. The fraction of sp³-hybridized carbons (Fsp3) is 0.103. The Morgan fingerprint density at radius 2 is 0.721 bits per heavy atom. The molecule has 0 saturated carbocycles. The van der Waals surface area contributed by atoms with Crippen molar-refractivity contribution in [3.8, 4) is 34.5 Å². The third kappa shape index (κ3) is 13.7. The van der Waals surface area contributed by atoms with Gasteiger partial charge in [-0.15, -0.1) is 0 Å². The lowest BCUT2D eigenvalue weighted by atomic mass is 10.2. The largest absolute Gasteiger partial charge is 0.508 e. The van der Waals surface area contributed by atoms with Crippen molar-refractivity contribution in [2.24, 2.45) is 0 Å². The number of carboxylic acid groups (broad SMARTS) is 2. The smallest absolute Gasteiger partial charge is 0.397 e. The second-order valence-electron chi connectivity index (χ2n) is 8.26. The zero-order valence-corrected chi connectivity index (χ0v) is 21.6. The van der Waals surface area contributed by atoms with Crippen molar-refractivity contribution in [2.75, 3.05) is 0 Å². The summed E-state index contributed by atoms with van der Waals surface area (Å²) in [6, 6.07) is 24.8. The SMILES string of the molecule is FC(F)(F)CC(F)(F)F.O=C(O)c1ccc(Oc2ccc(O)cc2)cc1.O=C(O)c1ccc(Oc2ccc(O)cc2)cc1. The molecule has 43 heavy (non-hydrogen) atoms. The van der Waals surface area contributed by atoms with Gasteiger partial charge in [0.15, 0.2) is 0 Å². The second-order valence-corrected chi connectivity index (χ2v) is 8.26. The predicted molar refractivity (Wildman–Crippen MR) is 140 cm³/mol. The van der Waals surface area contributed by atoms with Gasteiger partial charge in [0.25, 0.3) is 0 Å². The molecule has 4 aromatic carbocycles. The first-order valence-corrected chi connectivity index (χ1v) is 11.7. The van der Waals surface area contributed by atoms with Crippen molar-refractivity contribution in [3.63, 3.8) is 0 Å².